The van der Waals surface area contributed by atoms with Crippen molar-refractivity contribution in [2.24, 2.45) is 5.92 Å². The second-order valence-corrected chi connectivity index (χ2v) is 7.14. The first-order valence-corrected chi connectivity index (χ1v) is 8.48. The lowest BCUT2D eigenvalue weighted by Gasteiger charge is -2.27. The van der Waals surface area contributed by atoms with Crippen molar-refractivity contribution in [3.05, 3.63) is 34.1 Å². The summed E-state index contributed by atoms with van der Waals surface area (Å²) in [6.45, 7) is 2.22. The van der Waals surface area contributed by atoms with Gasteiger partial charge in [-0.3, -0.25) is 0 Å². The molecule has 1 saturated carbocycles. The van der Waals surface area contributed by atoms with Crippen LogP contribution in [0.2, 0.25) is 0 Å². The van der Waals surface area contributed by atoms with Crippen LogP contribution in [0.4, 0.5) is 4.39 Å². The number of hydrogen-bond donors (Lipinski definition) is 1. The van der Waals surface area contributed by atoms with Gasteiger partial charge in [0.15, 0.2) is 0 Å². The van der Waals surface area contributed by atoms with Crippen molar-refractivity contribution in [1.29, 1.82) is 0 Å². The fraction of sp³-hybridized carbons (Fsp3) is 0.647. The van der Waals surface area contributed by atoms with Crippen molar-refractivity contribution in [1.82, 2.24) is 0 Å². The lowest BCUT2D eigenvalue weighted by Crippen LogP contribution is -2.31. The summed E-state index contributed by atoms with van der Waals surface area (Å²) in [5.74, 6) is 0.519. The average Bonchev–Trinajstić information content (AvgIpc) is 2.57. The van der Waals surface area contributed by atoms with Gasteiger partial charge in [0, 0.05) is 10.9 Å². The Labute approximate surface area is 129 Å². The first-order valence-electron chi connectivity index (χ1n) is 7.69. The molecule has 112 valence electrons. The van der Waals surface area contributed by atoms with Gasteiger partial charge in [-0.25, -0.2) is 4.39 Å². The highest BCUT2D eigenvalue weighted by molar-refractivity contribution is 9.10. The van der Waals surface area contributed by atoms with Crippen LogP contribution in [0.3, 0.4) is 0 Å². The minimum Gasteiger partial charge on any atom is -0.390 e. The predicted molar refractivity (Wildman–Crippen MR) is 84.2 cm³/mol. The highest BCUT2D eigenvalue weighted by Crippen LogP contribution is 2.35. The highest BCUT2D eigenvalue weighted by Gasteiger charge is 2.31. The lowest BCUT2D eigenvalue weighted by atomic mass is 9.86. The third kappa shape index (κ3) is 4.29. The number of rotatable bonds is 4. The molecule has 3 heteroatoms. The summed E-state index contributed by atoms with van der Waals surface area (Å²) < 4.78 is 14.7. The van der Waals surface area contributed by atoms with E-state index in [1.807, 2.05) is 6.07 Å². The normalized spacial score (nSPS) is 27.3. The molecule has 1 aliphatic carbocycles. The Kier molecular flexibility index (Phi) is 5.62. The second kappa shape index (κ2) is 7.04. The molecule has 0 spiro atoms. The van der Waals surface area contributed by atoms with E-state index in [1.54, 1.807) is 6.07 Å². The van der Waals surface area contributed by atoms with Gasteiger partial charge in [0.2, 0.25) is 0 Å². The maximum absolute atomic E-state index is 13.9. The molecule has 1 fully saturated rings. The van der Waals surface area contributed by atoms with Crippen LogP contribution in [0, 0.1) is 11.7 Å². The minimum absolute atomic E-state index is 0.220. The Bertz CT molecular complexity index is 449. The zero-order valence-corrected chi connectivity index (χ0v) is 13.8. The Morgan fingerprint density at radius 2 is 2.15 bits per heavy atom. The van der Waals surface area contributed by atoms with Gasteiger partial charge in [0.1, 0.15) is 5.82 Å². The van der Waals surface area contributed by atoms with Gasteiger partial charge in [-0.05, 0) is 42.9 Å². The van der Waals surface area contributed by atoms with Crippen LogP contribution >= 0.6 is 15.9 Å². The predicted octanol–water partition coefficient (Wildman–Crippen LogP) is 5.24. The maximum Gasteiger partial charge on any atom is 0.127 e. The second-order valence-electron chi connectivity index (χ2n) is 6.22. The summed E-state index contributed by atoms with van der Waals surface area (Å²) >= 11 is 3.27. The molecule has 2 atom stereocenters. The van der Waals surface area contributed by atoms with Crippen molar-refractivity contribution < 1.29 is 9.50 Å². The third-order valence-corrected chi connectivity index (χ3v) is 5.00. The molecule has 1 aromatic rings. The van der Waals surface area contributed by atoms with Crippen LogP contribution in [0.15, 0.2) is 22.7 Å². The summed E-state index contributed by atoms with van der Waals surface area (Å²) in [5, 5.41) is 10.8. The molecule has 1 aliphatic rings. The van der Waals surface area contributed by atoms with E-state index in [-0.39, 0.29) is 5.82 Å². The van der Waals surface area contributed by atoms with E-state index in [9.17, 15) is 9.50 Å². The van der Waals surface area contributed by atoms with E-state index in [0.29, 0.717) is 12.0 Å². The lowest BCUT2D eigenvalue weighted by molar-refractivity contribution is 0.0233. The quantitative estimate of drug-likeness (QED) is 0.741. The largest absolute Gasteiger partial charge is 0.390 e. The molecule has 0 saturated heterocycles. The van der Waals surface area contributed by atoms with Gasteiger partial charge in [0.05, 0.1) is 5.60 Å². The number of aliphatic hydroxyl groups is 1. The molecule has 0 heterocycles. The molecule has 1 N–H and O–H groups in total. The Balaban J connectivity index is 2.03. The Morgan fingerprint density at radius 3 is 2.85 bits per heavy atom. The number of benzene rings is 1. The summed E-state index contributed by atoms with van der Waals surface area (Å²) in [4.78, 5) is 0. The molecule has 2 rings (SSSR count). The fourth-order valence-electron chi connectivity index (χ4n) is 3.36. The molecule has 1 aromatic carbocycles. The molecule has 0 bridgehead atoms. The standard InChI is InChI=1S/C17H24BrFO/c1-2-4-13-5-3-9-17(20,10-8-13)12-14-6-7-15(18)11-16(14)19/h6-7,11,13,20H,2-5,8-10,12H2,1H3. The van der Waals surface area contributed by atoms with Crippen molar-refractivity contribution in [2.45, 2.75) is 63.9 Å². The van der Waals surface area contributed by atoms with E-state index in [0.717, 1.165) is 36.1 Å². The van der Waals surface area contributed by atoms with Crippen molar-refractivity contribution in [2.75, 3.05) is 0 Å². The van der Waals surface area contributed by atoms with Crippen LogP contribution < -0.4 is 0 Å². The molecule has 0 amide bonds. The third-order valence-electron chi connectivity index (χ3n) is 4.50. The van der Waals surface area contributed by atoms with Crippen molar-refractivity contribution >= 4 is 15.9 Å². The van der Waals surface area contributed by atoms with E-state index in [4.69, 9.17) is 0 Å². The van der Waals surface area contributed by atoms with Gasteiger partial charge >= 0.3 is 0 Å². The topological polar surface area (TPSA) is 20.2 Å². The highest BCUT2D eigenvalue weighted by atomic mass is 79.9. The first kappa shape index (κ1) is 16.0. The van der Waals surface area contributed by atoms with Crippen LogP contribution in [-0.4, -0.2) is 10.7 Å². The Hall–Kier alpha value is -0.410. The van der Waals surface area contributed by atoms with Gasteiger partial charge in [-0.1, -0.05) is 54.6 Å². The molecule has 2 unspecified atom stereocenters. The van der Waals surface area contributed by atoms with Crippen LogP contribution in [0.5, 0.6) is 0 Å². The number of hydrogen-bond acceptors (Lipinski definition) is 1. The van der Waals surface area contributed by atoms with Gasteiger partial charge < -0.3 is 5.11 Å². The zero-order valence-electron chi connectivity index (χ0n) is 12.2. The van der Waals surface area contributed by atoms with Crippen LogP contribution in [0.1, 0.15) is 57.4 Å². The Morgan fingerprint density at radius 1 is 1.35 bits per heavy atom. The maximum atomic E-state index is 13.9. The minimum atomic E-state index is -0.725. The van der Waals surface area contributed by atoms with Crippen molar-refractivity contribution in [3.63, 3.8) is 0 Å². The zero-order chi connectivity index (χ0) is 14.6. The summed E-state index contributed by atoms with van der Waals surface area (Å²) in [7, 11) is 0. The molecule has 1 nitrogen and oxygen atoms in total. The molecule has 0 aliphatic heterocycles. The van der Waals surface area contributed by atoms with Gasteiger partial charge in [-0.15, -0.1) is 0 Å². The number of halogens is 2. The van der Waals surface area contributed by atoms with E-state index < -0.39 is 5.60 Å². The van der Waals surface area contributed by atoms with E-state index in [1.165, 1.54) is 25.3 Å². The van der Waals surface area contributed by atoms with Gasteiger partial charge in [-0.2, -0.15) is 0 Å². The SMILES string of the molecule is CCCC1CCCC(O)(Cc2ccc(Br)cc2F)CC1. The summed E-state index contributed by atoms with van der Waals surface area (Å²) in [5.41, 5.74) is -0.0957. The summed E-state index contributed by atoms with van der Waals surface area (Å²) in [6, 6.07) is 5.11. The monoisotopic (exact) mass is 342 g/mol. The molecule has 0 aromatic heterocycles. The fourth-order valence-corrected chi connectivity index (χ4v) is 3.69. The van der Waals surface area contributed by atoms with E-state index in [2.05, 4.69) is 22.9 Å². The molecular weight excluding hydrogens is 319 g/mol. The van der Waals surface area contributed by atoms with E-state index >= 15 is 0 Å². The van der Waals surface area contributed by atoms with Crippen LogP contribution in [0.25, 0.3) is 0 Å². The average molecular weight is 343 g/mol. The molecular formula is C17H24BrFO. The first-order chi connectivity index (χ1) is 9.52. The smallest absolute Gasteiger partial charge is 0.127 e. The van der Waals surface area contributed by atoms with Gasteiger partial charge in [0.25, 0.3) is 0 Å². The molecule has 0 radical (unpaired) electrons. The summed E-state index contributed by atoms with van der Waals surface area (Å²) in [6.07, 6.45) is 7.83. The molecule has 20 heavy (non-hydrogen) atoms. The van der Waals surface area contributed by atoms with Crippen molar-refractivity contribution in [3.8, 4) is 0 Å². The van der Waals surface area contributed by atoms with Crippen LogP contribution in [-0.2, 0) is 6.42 Å².